The fourth-order valence-corrected chi connectivity index (χ4v) is 1.72. The lowest BCUT2D eigenvalue weighted by atomic mass is 9.88. The van der Waals surface area contributed by atoms with E-state index in [1.807, 2.05) is 13.8 Å². The largest absolute Gasteiger partial charge is 0.465 e. The Kier molecular flexibility index (Phi) is 2.13. The van der Waals surface area contributed by atoms with Gasteiger partial charge in [0.05, 0.1) is 0 Å². The van der Waals surface area contributed by atoms with E-state index < -0.39 is 6.09 Å². The molecule has 1 aliphatic rings. The lowest BCUT2D eigenvalue weighted by Crippen LogP contribution is -2.50. The molecule has 1 saturated heterocycles. The van der Waals surface area contributed by atoms with E-state index in [1.165, 1.54) is 4.90 Å². The highest BCUT2D eigenvalue weighted by atomic mass is 16.4. The van der Waals surface area contributed by atoms with Crippen LogP contribution in [0.5, 0.6) is 0 Å². The van der Waals surface area contributed by atoms with Crippen molar-refractivity contribution >= 4 is 6.09 Å². The summed E-state index contributed by atoms with van der Waals surface area (Å²) in [5.41, 5.74) is 0.874. The average molecular weight is 169 g/mol. The van der Waals surface area contributed by atoms with Crippen molar-refractivity contribution in [3.63, 3.8) is 0 Å². The first-order valence-corrected chi connectivity index (χ1v) is 4.11. The predicted molar refractivity (Wildman–Crippen MR) is 47.2 cm³/mol. The molecule has 0 aliphatic carbocycles. The molecule has 1 heterocycles. The van der Waals surface area contributed by atoms with Crippen LogP contribution in [0.2, 0.25) is 0 Å². The standard InChI is InChI=1S/C9H15NO2/c1-7-4-5-10(8(11)12)9(2,3)6-7/h1,4-6H2,2-3H3,(H,11,12). The molecule has 0 aromatic carbocycles. The molecule has 0 bridgehead atoms. The van der Waals surface area contributed by atoms with Gasteiger partial charge < -0.3 is 10.0 Å². The Morgan fingerprint density at radius 1 is 1.67 bits per heavy atom. The van der Waals surface area contributed by atoms with Gasteiger partial charge in [-0.1, -0.05) is 12.2 Å². The van der Waals surface area contributed by atoms with E-state index in [2.05, 4.69) is 6.58 Å². The zero-order valence-corrected chi connectivity index (χ0v) is 7.63. The molecular formula is C9H15NO2. The van der Waals surface area contributed by atoms with Gasteiger partial charge in [-0.2, -0.15) is 0 Å². The van der Waals surface area contributed by atoms with Crippen molar-refractivity contribution in [2.75, 3.05) is 6.54 Å². The number of hydrogen-bond acceptors (Lipinski definition) is 1. The summed E-state index contributed by atoms with van der Waals surface area (Å²) in [5.74, 6) is 0. The van der Waals surface area contributed by atoms with E-state index in [-0.39, 0.29) is 5.54 Å². The van der Waals surface area contributed by atoms with Crippen LogP contribution in [0.15, 0.2) is 12.2 Å². The average Bonchev–Trinajstić information content (AvgIpc) is 1.82. The van der Waals surface area contributed by atoms with Crippen molar-refractivity contribution in [1.82, 2.24) is 4.90 Å². The first-order chi connectivity index (χ1) is 5.43. The third-order valence-electron chi connectivity index (χ3n) is 2.33. The van der Waals surface area contributed by atoms with Gasteiger partial charge in [-0.25, -0.2) is 4.79 Å². The van der Waals surface area contributed by atoms with Crippen molar-refractivity contribution in [2.45, 2.75) is 32.2 Å². The highest BCUT2D eigenvalue weighted by Crippen LogP contribution is 2.29. The Bertz CT molecular complexity index is 221. The Hall–Kier alpha value is -0.990. The minimum Gasteiger partial charge on any atom is -0.465 e. The first kappa shape index (κ1) is 9.10. The molecular weight excluding hydrogens is 154 g/mol. The molecule has 1 amide bonds. The van der Waals surface area contributed by atoms with Gasteiger partial charge in [-0.05, 0) is 26.7 Å². The van der Waals surface area contributed by atoms with E-state index in [1.54, 1.807) is 0 Å². The Morgan fingerprint density at radius 3 is 2.67 bits per heavy atom. The number of amides is 1. The van der Waals surface area contributed by atoms with Crippen molar-refractivity contribution in [2.24, 2.45) is 0 Å². The molecule has 1 N–H and O–H groups in total. The van der Waals surface area contributed by atoms with E-state index >= 15 is 0 Å². The number of carbonyl (C=O) groups is 1. The van der Waals surface area contributed by atoms with Gasteiger partial charge >= 0.3 is 6.09 Å². The van der Waals surface area contributed by atoms with Crippen molar-refractivity contribution in [1.29, 1.82) is 0 Å². The molecule has 3 heteroatoms. The van der Waals surface area contributed by atoms with Crippen LogP contribution in [-0.2, 0) is 0 Å². The molecule has 0 aromatic heterocycles. The summed E-state index contributed by atoms with van der Waals surface area (Å²) in [6.07, 6.45) is 0.752. The lowest BCUT2D eigenvalue weighted by Gasteiger charge is -2.41. The van der Waals surface area contributed by atoms with Crippen molar-refractivity contribution in [3.05, 3.63) is 12.2 Å². The monoisotopic (exact) mass is 169 g/mol. The molecule has 1 fully saturated rings. The maximum Gasteiger partial charge on any atom is 0.407 e. The number of likely N-dealkylation sites (tertiary alicyclic amines) is 1. The van der Waals surface area contributed by atoms with Crippen LogP contribution in [0, 0.1) is 0 Å². The van der Waals surface area contributed by atoms with Crippen molar-refractivity contribution in [3.8, 4) is 0 Å². The minimum atomic E-state index is -0.826. The van der Waals surface area contributed by atoms with Crippen LogP contribution in [0.4, 0.5) is 4.79 Å². The fourth-order valence-electron chi connectivity index (χ4n) is 1.72. The topological polar surface area (TPSA) is 40.5 Å². The second-order valence-corrected chi connectivity index (χ2v) is 3.92. The van der Waals surface area contributed by atoms with Gasteiger partial charge in [0.25, 0.3) is 0 Å². The smallest absolute Gasteiger partial charge is 0.407 e. The van der Waals surface area contributed by atoms with Gasteiger partial charge in [0.1, 0.15) is 0 Å². The van der Waals surface area contributed by atoms with Gasteiger partial charge in [-0.3, -0.25) is 0 Å². The van der Waals surface area contributed by atoms with E-state index in [9.17, 15) is 4.79 Å². The summed E-state index contributed by atoms with van der Waals surface area (Å²) < 4.78 is 0. The third kappa shape index (κ3) is 1.60. The molecule has 1 rings (SSSR count). The van der Waals surface area contributed by atoms with E-state index in [0.29, 0.717) is 6.54 Å². The second-order valence-electron chi connectivity index (χ2n) is 3.92. The van der Waals surface area contributed by atoms with Crippen LogP contribution < -0.4 is 0 Å². The number of piperidine rings is 1. The summed E-state index contributed by atoms with van der Waals surface area (Å²) in [7, 11) is 0. The summed E-state index contributed by atoms with van der Waals surface area (Å²) in [6.45, 7) is 8.34. The maximum absolute atomic E-state index is 10.8. The molecule has 3 nitrogen and oxygen atoms in total. The summed E-state index contributed by atoms with van der Waals surface area (Å²) >= 11 is 0. The zero-order valence-electron chi connectivity index (χ0n) is 7.63. The van der Waals surface area contributed by atoms with Crippen molar-refractivity contribution < 1.29 is 9.90 Å². The quantitative estimate of drug-likeness (QED) is 0.564. The SMILES string of the molecule is C=C1CCN(C(=O)O)C(C)(C)C1. The maximum atomic E-state index is 10.8. The zero-order chi connectivity index (χ0) is 9.35. The third-order valence-corrected chi connectivity index (χ3v) is 2.33. The number of nitrogens with zero attached hydrogens (tertiary/aromatic N) is 1. The highest BCUT2D eigenvalue weighted by Gasteiger charge is 2.34. The van der Waals surface area contributed by atoms with Gasteiger partial charge in [0, 0.05) is 12.1 Å². The summed E-state index contributed by atoms with van der Waals surface area (Å²) in [4.78, 5) is 12.3. The van der Waals surface area contributed by atoms with Crippen LogP contribution in [0.1, 0.15) is 26.7 Å². The molecule has 1 aliphatic heterocycles. The van der Waals surface area contributed by atoms with Crippen LogP contribution in [0.25, 0.3) is 0 Å². The molecule has 0 spiro atoms. The Morgan fingerprint density at radius 2 is 2.25 bits per heavy atom. The number of carboxylic acid groups (broad SMARTS) is 1. The number of hydrogen-bond donors (Lipinski definition) is 1. The molecule has 12 heavy (non-hydrogen) atoms. The normalized spacial score (nSPS) is 22.5. The Balaban J connectivity index is 2.77. The summed E-state index contributed by atoms with van der Waals surface area (Å²) in [5, 5.41) is 8.86. The minimum absolute atomic E-state index is 0.277. The second kappa shape index (κ2) is 2.81. The molecule has 0 atom stereocenters. The Labute approximate surface area is 72.7 Å². The molecule has 0 unspecified atom stereocenters. The molecule has 0 saturated carbocycles. The summed E-state index contributed by atoms with van der Waals surface area (Å²) in [6, 6.07) is 0. The lowest BCUT2D eigenvalue weighted by molar-refractivity contribution is 0.0819. The van der Waals surface area contributed by atoms with Gasteiger partial charge in [-0.15, -0.1) is 0 Å². The molecule has 0 aromatic rings. The predicted octanol–water partition coefficient (Wildman–Crippen LogP) is 2.09. The van der Waals surface area contributed by atoms with Gasteiger partial charge in [0.15, 0.2) is 0 Å². The van der Waals surface area contributed by atoms with E-state index in [0.717, 1.165) is 18.4 Å². The highest BCUT2D eigenvalue weighted by molar-refractivity contribution is 5.66. The molecule has 68 valence electrons. The van der Waals surface area contributed by atoms with Gasteiger partial charge in [0.2, 0.25) is 0 Å². The fraction of sp³-hybridized carbons (Fsp3) is 0.667. The number of rotatable bonds is 0. The first-order valence-electron chi connectivity index (χ1n) is 4.11. The van der Waals surface area contributed by atoms with Crippen LogP contribution >= 0.6 is 0 Å². The van der Waals surface area contributed by atoms with Crippen LogP contribution in [-0.4, -0.2) is 28.2 Å². The molecule has 0 radical (unpaired) electrons. The van der Waals surface area contributed by atoms with Crippen LogP contribution in [0.3, 0.4) is 0 Å². The van der Waals surface area contributed by atoms with E-state index in [4.69, 9.17) is 5.11 Å².